The first-order valence-corrected chi connectivity index (χ1v) is 3.20. The summed E-state index contributed by atoms with van der Waals surface area (Å²) in [7, 11) is 0. The normalized spacial score (nSPS) is 8.12. The quantitative estimate of drug-likeness (QED) is 0.271. The van der Waals surface area contributed by atoms with Crippen LogP contribution in [0.25, 0.3) is 0 Å². The molecule has 0 aromatic carbocycles. The molecule has 0 amide bonds. The van der Waals surface area contributed by atoms with Gasteiger partial charge in [-0.25, -0.2) is 0 Å². The molecule has 0 heterocycles. The average Bonchev–Trinajstić information content (AvgIpc) is 1.66. The number of thiol groups is 1. The van der Waals surface area contributed by atoms with E-state index in [2.05, 4.69) is 36.7 Å². The minimum Gasteiger partial charge on any atom is -0.371 e. The van der Waals surface area contributed by atoms with E-state index in [1.165, 1.54) is 0 Å². The molecule has 0 unspecified atom stereocenters. The highest BCUT2D eigenvalue weighted by Crippen LogP contribution is 1.79. The van der Waals surface area contributed by atoms with Crippen LogP contribution in [0.3, 0.4) is 0 Å². The van der Waals surface area contributed by atoms with Gasteiger partial charge in [0.25, 0.3) is 0 Å². The van der Waals surface area contributed by atoms with Crippen molar-refractivity contribution < 1.29 is 0 Å². The Balaban J connectivity index is 2.93. The molecule has 46 valence electrons. The molecule has 0 rings (SSSR count). The fraction of sp³-hybridized carbons (Fsp3) is 0.400. The summed E-state index contributed by atoms with van der Waals surface area (Å²) in [6.07, 6.45) is 2.76. The zero-order valence-electron chi connectivity index (χ0n) is 4.55. The summed E-state index contributed by atoms with van der Waals surface area (Å²) in [5, 5.41) is 2.87. The first kappa shape index (κ1) is 7.98. The fourth-order valence-corrected chi connectivity index (χ4v) is 0.495. The second-order valence-electron chi connectivity index (χ2n) is 1.31. The van der Waals surface area contributed by atoms with E-state index in [1.54, 1.807) is 0 Å². The van der Waals surface area contributed by atoms with E-state index in [9.17, 15) is 0 Å². The molecule has 0 spiro atoms. The second kappa shape index (κ2) is 5.12. The molecule has 0 aliphatic carbocycles. The first-order valence-electron chi connectivity index (χ1n) is 2.35. The monoisotopic (exact) mass is 147 g/mol. The van der Waals surface area contributed by atoms with Crippen LogP contribution < -0.4 is 5.32 Å². The zero-order valence-corrected chi connectivity index (χ0v) is 6.27. The Morgan fingerprint density at radius 1 is 1.88 bits per heavy atom. The largest absolute Gasteiger partial charge is 0.371 e. The highest BCUT2D eigenvalue weighted by Gasteiger charge is 1.81. The standard InChI is InChI=1S/C5H9NS2/c1-2-3-4-6-5(7)8/h2H,1,3-4H2,(H2,6,7,8). The Kier molecular flexibility index (Phi) is 5.11. The molecular formula is C5H9NS2. The van der Waals surface area contributed by atoms with Crippen molar-refractivity contribution >= 4 is 29.2 Å². The molecule has 0 aromatic rings. The van der Waals surface area contributed by atoms with Crippen molar-refractivity contribution in [3.05, 3.63) is 12.7 Å². The predicted molar refractivity (Wildman–Crippen MR) is 44.4 cm³/mol. The van der Waals surface area contributed by atoms with Crippen LogP contribution in [0.4, 0.5) is 0 Å². The number of nitrogens with one attached hydrogen (secondary N) is 1. The summed E-state index contributed by atoms with van der Waals surface area (Å²) < 4.78 is 0.548. The zero-order chi connectivity index (χ0) is 6.41. The summed E-state index contributed by atoms with van der Waals surface area (Å²) in [6.45, 7) is 4.39. The van der Waals surface area contributed by atoms with E-state index in [0.717, 1.165) is 13.0 Å². The molecule has 0 atom stereocenters. The van der Waals surface area contributed by atoms with Crippen LogP contribution in [-0.4, -0.2) is 10.9 Å². The van der Waals surface area contributed by atoms with Crippen molar-refractivity contribution in [3.63, 3.8) is 0 Å². The third kappa shape index (κ3) is 5.98. The maximum absolute atomic E-state index is 4.63. The lowest BCUT2D eigenvalue weighted by molar-refractivity contribution is 0.910. The Morgan fingerprint density at radius 3 is 2.88 bits per heavy atom. The van der Waals surface area contributed by atoms with Gasteiger partial charge in [-0.2, -0.15) is 0 Å². The van der Waals surface area contributed by atoms with Crippen LogP contribution in [0, 0.1) is 0 Å². The molecule has 1 N–H and O–H groups in total. The van der Waals surface area contributed by atoms with Gasteiger partial charge in [-0.05, 0) is 6.42 Å². The van der Waals surface area contributed by atoms with Crippen molar-refractivity contribution in [2.75, 3.05) is 6.54 Å². The van der Waals surface area contributed by atoms with Gasteiger partial charge >= 0.3 is 0 Å². The Morgan fingerprint density at radius 2 is 2.50 bits per heavy atom. The first-order chi connectivity index (χ1) is 3.77. The van der Waals surface area contributed by atoms with E-state index in [-0.39, 0.29) is 0 Å². The molecule has 0 fully saturated rings. The van der Waals surface area contributed by atoms with Crippen molar-refractivity contribution in [2.45, 2.75) is 6.42 Å². The molecule has 0 radical (unpaired) electrons. The van der Waals surface area contributed by atoms with Crippen LogP contribution >= 0.6 is 24.8 Å². The molecular weight excluding hydrogens is 138 g/mol. The van der Waals surface area contributed by atoms with Crippen LogP contribution in [0.1, 0.15) is 6.42 Å². The third-order valence-corrected chi connectivity index (χ3v) is 0.927. The van der Waals surface area contributed by atoms with Gasteiger partial charge in [0.15, 0.2) is 0 Å². The van der Waals surface area contributed by atoms with E-state index in [0.29, 0.717) is 4.32 Å². The number of hydrogen-bond donors (Lipinski definition) is 2. The second-order valence-corrected chi connectivity index (χ2v) is 2.47. The van der Waals surface area contributed by atoms with E-state index in [4.69, 9.17) is 0 Å². The Hall–Kier alpha value is -0.0200. The summed E-state index contributed by atoms with van der Waals surface area (Å²) in [5.41, 5.74) is 0. The summed E-state index contributed by atoms with van der Waals surface area (Å²) in [4.78, 5) is 0. The van der Waals surface area contributed by atoms with Crippen molar-refractivity contribution in [2.24, 2.45) is 0 Å². The smallest absolute Gasteiger partial charge is 0.130 e. The molecule has 0 saturated carbocycles. The third-order valence-electron chi connectivity index (χ3n) is 0.625. The molecule has 3 heteroatoms. The molecule has 0 aliphatic rings. The molecule has 0 aromatic heterocycles. The van der Waals surface area contributed by atoms with Crippen LogP contribution in [0.2, 0.25) is 0 Å². The minimum atomic E-state index is 0.548. The van der Waals surface area contributed by atoms with Gasteiger partial charge in [-0.1, -0.05) is 18.3 Å². The highest BCUT2D eigenvalue weighted by atomic mass is 32.1. The lowest BCUT2D eigenvalue weighted by atomic mass is 10.4. The molecule has 0 aliphatic heterocycles. The topological polar surface area (TPSA) is 12.0 Å². The number of rotatable bonds is 3. The maximum Gasteiger partial charge on any atom is 0.130 e. The van der Waals surface area contributed by atoms with Gasteiger partial charge in [0, 0.05) is 6.54 Å². The fourth-order valence-electron chi connectivity index (χ4n) is 0.281. The minimum absolute atomic E-state index is 0.548. The lowest BCUT2D eigenvalue weighted by Gasteiger charge is -1.96. The van der Waals surface area contributed by atoms with Gasteiger partial charge in [0.05, 0.1) is 0 Å². The molecule has 0 saturated heterocycles. The molecule has 0 bridgehead atoms. The van der Waals surface area contributed by atoms with Crippen LogP contribution in [-0.2, 0) is 0 Å². The van der Waals surface area contributed by atoms with Crippen molar-refractivity contribution in [1.82, 2.24) is 5.32 Å². The predicted octanol–water partition coefficient (Wildman–Crippen LogP) is 1.37. The molecule has 8 heavy (non-hydrogen) atoms. The number of hydrogen-bond acceptors (Lipinski definition) is 1. The van der Waals surface area contributed by atoms with Crippen molar-refractivity contribution in [1.29, 1.82) is 0 Å². The van der Waals surface area contributed by atoms with E-state index >= 15 is 0 Å². The number of thiocarbonyl (C=S) groups is 1. The summed E-state index contributed by atoms with van der Waals surface area (Å²) in [5.74, 6) is 0. The lowest BCUT2D eigenvalue weighted by Crippen LogP contribution is -2.16. The maximum atomic E-state index is 4.63. The van der Waals surface area contributed by atoms with E-state index < -0.39 is 0 Å². The highest BCUT2D eigenvalue weighted by molar-refractivity contribution is 8.11. The SMILES string of the molecule is C=CCCNC(=S)S. The van der Waals surface area contributed by atoms with E-state index in [1.807, 2.05) is 6.08 Å². The van der Waals surface area contributed by atoms with Gasteiger partial charge in [0.2, 0.25) is 0 Å². The van der Waals surface area contributed by atoms with Crippen molar-refractivity contribution in [3.8, 4) is 0 Å². The van der Waals surface area contributed by atoms with Crippen LogP contribution in [0.5, 0.6) is 0 Å². The van der Waals surface area contributed by atoms with Gasteiger partial charge in [-0.15, -0.1) is 19.2 Å². The molecule has 1 nitrogen and oxygen atoms in total. The van der Waals surface area contributed by atoms with Gasteiger partial charge in [0.1, 0.15) is 4.32 Å². The Bertz CT molecular complexity index is 90.4. The van der Waals surface area contributed by atoms with Crippen LogP contribution in [0.15, 0.2) is 12.7 Å². The van der Waals surface area contributed by atoms with Gasteiger partial charge < -0.3 is 5.32 Å². The average molecular weight is 147 g/mol. The van der Waals surface area contributed by atoms with Gasteiger partial charge in [-0.3, -0.25) is 0 Å². The Labute approximate surface area is 60.6 Å². The summed E-state index contributed by atoms with van der Waals surface area (Å²) >= 11 is 8.48. The summed E-state index contributed by atoms with van der Waals surface area (Å²) in [6, 6.07) is 0.